The Morgan fingerprint density at radius 1 is 1.09 bits per heavy atom. The van der Waals surface area contributed by atoms with Crippen LogP contribution in [0.15, 0.2) is 6.20 Å². The molecule has 3 fully saturated rings. The van der Waals surface area contributed by atoms with Gasteiger partial charge >= 0.3 is 0 Å². The number of aryl methyl sites for hydroxylation is 1. The molecule has 4 rings (SSSR count). The smallest absolute Gasteiger partial charge is 0.227 e. The van der Waals surface area contributed by atoms with Crippen molar-refractivity contribution in [3.05, 3.63) is 11.8 Å². The number of nitrogens with zero attached hydrogens (tertiary/aromatic N) is 4. The minimum atomic E-state index is 0.628. The highest BCUT2D eigenvalue weighted by Gasteiger charge is 2.27. The summed E-state index contributed by atoms with van der Waals surface area (Å²) in [4.78, 5) is 14.3. The van der Waals surface area contributed by atoms with E-state index in [1.54, 1.807) is 0 Å². The minimum Gasteiger partial charge on any atom is -0.379 e. The van der Waals surface area contributed by atoms with Crippen LogP contribution in [-0.4, -0.2) is 66.3 Å². The molecule has 23 heavy (non-hydrogen) atoms. The average molecular weight is 317 g/mol. The van der Waals surface area contributed by atoms with Gasteiger partial charge in [0.05, 0.1) is 13.2 Å². The first-order valence-corrected chi connectivity index (χ1v) is 8.96. The molecule has 0 atom stereocenters. The minimum absolute atomic E-state index is 0.628. The molecule has 1 aromatic heterocycles. The summed E-state index contributed by atoms with van der Waals surface area (Å²) >= 11 is 0. The number of piperidine rings is 1. The van der Waals surface area contributed by atoms with Crippen LogP contribution in [0.25, 0.3) is 0 Å². The molecule has 1 N–H and O–H groups in total. The van der Waals surface area contributed by atoms with Gasteiger partial charge in [-0.2, -0.15) is 4.98 Å². The summed E-state index contributed by atoms with van der Waals surface area (Å²) in [6.07, 6.45) is 6.89. The van der Waals surface area contributed by atoms with Crippen molar-refractivity contribution in [2.45, 2.75) is 44.7 Å². The van der Waals surface area contributed by atoms with Crippen molar-refractivity contribution in [1.29, 1.82) is 0 Å². The fourth-order valence-corrected chi connectivity index (χ4v) is 3.53. The van der Waals surface area contributed by atoms with Crippen molar-refractivity contribution < 1.29 is 4.74 Å². The predicted octanol–water partition coefficient (Wildman–Crippen LogP) is 1.66. The third-order valence-corrected chi connectivity index (χ3v) is 5.19. The second-order valence-corrected chi connectivity index (χ2v) is 6.99. The van der Waals surface area contributed by atoms with E-state index >= 15 is 0 Å². The van der Waals surface area contributed by atoms with Crippen molar-refractivity contribution in [2.75, 3.05) is 49.6 Å². The van der Waals surface area contributed by atoms with E-state index in [4.69, 9.17) is 9.72 Å². The van der Waals surface area contributed by atoms with Gasteiger partial charge in [-0.3, -0.25) is 4.90 Å². The van der Waals surface area contributed by atoms with Gasteiger partial charge < -0.3 is 15.0 Å². The van der Waals surface area contributed by atoms with Gasteiger partial charge in [0, 0.05) is 50.0 Å². The molecule has 0 amide bonds. The number of ether oxygens (including phenoxy) is 1. The number of aromatic nitrogens is 2. The third-order valence-electron chi connectivity index (χ3n) is 5.19. The summed E-state index contributed by atoms with van der Waals surface area (Å²) in [5.74, 6) is 1.91. The van der Waals surface area contributed by atoms with E-state index in [1.807, 2.05) is 6.20 Å². The number of anilines is 2. The molecule has 0 radical (unpaired) electrons. The molecule has 1 saturated carbocycles. The number of nitrogens with one attached hydrogen (secondary N) is 1. The second kappa shape index (κ2) is 6.61. The Morgan fingerprint density at radius 2 is 1.83 bits per heavy atom. The fourth-order valence-electron chi connectivity index (χ4n) is 3.53. The van der Waals surface area contributed by atoms with Gasteiger partial charge in [-0.15, -0.1) is 0 Å². The van der Waals surface area contributed by atoms with Crippen LogP contribution in [0.3, 0.4) is 0 Å². The van der Waals surface area contributed by atoms with Crippen molar-refractivity contribution >= 4 is 11.8 Å². The Labute approximate surface area is 138 Å². The lowest BCUT2D eigenvalue weighted by atomic mass is 10.0. The zero-order valence-corrected chi connectivity index (χ0v) is 14.0. The molecule has 1 aromatic rings. The maximum Gasteiger partial charge on any atom is 0.227 e. The summed E-state index contributed by atoms with van der Waals surface area (Å²) in [5.41, 5.74) is 1.14. The lowest BCUT2D eigenvalue weighted by Gasteiger charge is -2.40. The van der Waals surface area contributed by atoms with E-state index in [0.29, 0.717) is 12.1 Å². The first kappa shape index (κ1) is 15.1. The SMILES string of the molecule is Cc1cnc(N2CCC(N3CCOCC3)CC2)nc1NC1CC1. The van der Waals surface area contributed by atoms with Gasteiger partial charge in [0.2, 0.25) is 5.95 Å². The van der Waals surface area contributed by atoms with E-state index < -0.39 is 0 Å². The molecule has 1 aliphatic carbocycles. The molecule has 126 valence electrons. The van der Waals surface area contributed by atoms with Gasteiger partial charge in [0.1, 0.15) is 5.82 Å². The number of morpholine rings is 1. The highest BCUT2D eigenvalue weighted by molar-refractivity contribution is 5.48. The first-order valence-electron chi connectivity index (χ1n) is 8.96. The highest BCUT2D eigenvalue weighted by atomic mass is 16.5. The van der Waals surface area contributed by atoms with Crippen LogP contribution >= 0.6 is 0 Å². The quantitative estimate of drug-likeness (QED) is 0.911. The van der Waals surface area contributed by atoms with E-state index in [2.05, 4.69) is 27.0 Å². The summed E-state index contributed by atoms with van der Waals surface area (Å²) in [5, 5.41) is 3.52. The first-order chi connectivity index (χ1) is 11.3. The Morgan fingerprint density at radius 3 is 2.52 bits per heavy atom. The molecule has 6 nitrogen and oxygen atoms in total. The predicted molar refractivity (Wildman–Crippen MR) is 91.0 cm³/mol. The average Bonchev–Trinajstić information content (AvgIpc) is 3.42. The zero-order valence-electron chi connectivity index (χ0n) is 14.0. The van der Waals surface area contributed by atoms with Crippen molar-refractivity contribution in [1.82, 2.24) is 14.9 Å². The second-order valence-electron chi connectivity index (χ2n) is 6.99. The zero-order chi connectivity index (χ0) is 15.6. The summed E-state index contributed by atoms with van der Waals surface area (Å²) < 4.78 is 5.46. The van der Waals surface area contributed by atoms with E-state index in [-0.39, 0.29) is 0 Å². The topological polar surface area (TPSA) is 53.5 Å². The lowest BCUT2D eigenvalue weighted by Crippen LogP contribution is -2.49. The van der Waals surface area contributed by atoms with Crippen LogP contribution < -0.4 is 10.2 Å². The maximum atomic E-state index is 5.46. The number of rotatable bonds is 4. The normalized spacial score (nSPS) is 24.0. The molecule has 0 aromatic carbocycles. The van der Waals surface area contributed by atoms with Crippen LogP contribution in [-0.2, 0) is 4.74 Å². The molecule has 0 unspecified atom stereocenters. The highest BCUT2D eigenvalue weighted by Crippen LogP contribution is 2.27. The van der Waals surface area contributed by atoms with Crippen LogP contribution in [0.2, 0.25) is 0 Å². The van der Waals surface area contributed by atoms with Crippen LogP contribution in [0.4, 0.5) is 11.8 Å². The van der Waals surface area contributed by atoms with Crippen molar-refractivity contribution in [3.63, 3.8) is 0 Å². The maximum absolute atomic E-state index is 5.46. The summed E-state index contributed by atoms with van der Waals surface area (Å²) in [7, 11) is 0. The molecule has 0 bridgehead atoms. The monoisotopic (exact) mass is 317 g/mol. The lowest BCUT2D eigenvalue weighted by molar-refractivity contribution is 0.0114. The largest absolute Gasteiger partial charge is 0.379 e. The Kier molecular flexibility index (Phi) is 4.35. The Balaban J connectivity index is 1.37. The van der Waals surface area contributed by atoms with Crippen LogP contribution in [0.5, 0.6) is 0 Å². The van der Waals surface area contributed by atoms with Gasteiger partial charge in [-0.25, -0.2) is 4.98 Å². The third kappa shape index (κ3) is 3.58. The van der Waals surface area contributed by atoms with Crippen LogP contribution in [0, 0.1) is 6.92 Å². The van der Waals surface area contributed by atoms with E-state index in [9.17, 15) is 0 Å². The molecule has 0 spiro atoms. The van der Waals surface area contributed by atoms with Crippen molar-refractivity contribution in [3.8, 4) is 0 Å². The van der Waals surface area contributed by atoms with Crippen LogP contribution in [0.1, 0.15) is 31.2 Å². The molecule has 3 aliphatic rings. The van der Waals surface area contributed by atoms with Gasteiger partial charge in [0.15, 0.2) is 0 Å². The molecule has 6 heteroatoms. The number of hydrogen-bond donors (Lipinski definition) is 1. The summed E-state index contributed by atoms with van der Waals surface area (Å²) in [6.45, 7) is 8.12. The van der Waals surface area contributed by atoms with Gasteiger partial charge in [0.25, 0.3) is 0 Å². The standard InChI is InChI=1S/C17H27N5O/c1-13-12-18-17(20-16(13)19-14-2-3-14)22-6-4-15(5-7-22)21-8-10-23-11-9-21/h12,14-15H,2-11H2,1H3,(H,18,19,20). The Bertz CT molecular complexity index is 534. The molecule has 2 aliphatic heterocycles. The molecular weight excluding hydrogens is 290 g/mol. The van der Waals surface area contributed by atoms with Crippen molar-refractivity contribution in [2.24, 2.45) is 0 Å². The Hall–Kier alpha value is -1.40. The van der Waals surface area contributed by atoms with Gasteiger partial charge in [-0.05, 0) is 32.6 Å². The van der Waals surface area contributed by atoms with E-state index in [0.717, 1.165) is 56.7 Å². The van der Waals surface area contributed by atoms with E-state index in [1.165, 1.54) is 25.7 Å². The molecule has 3 heterocycles. The summed E-state index contributed by atoms with van der Waals surface area (Å²) in [6, 6.07) is 1.33. The molecule has 2 saturated heterocycles. The number of hydrogen-bond acceptors (Lipinski definition) is 6. The fraction of sp³-hybridized carbons (Fsp3) is 0.765. The molecular formula is C17H27N5O. The van der Waals surface area contributed by atoms with Gasteiger partial charge in [-0.1, -0.05) is 0 Å².